The number of hydrogen-bond donors (Lipinski definition) is 1. The van der Waals surface area contributed by atoms with Gasteiger partial charge in [0.25, 0.3) is 0 Å². The molecular formula is C21H22ClN5O2S. The maximum atomic E-state index is 13.2. The highest BCUT2D eigenvalue weighted by Crippen LogP contribution is 2.32. The first kappa shape index (κ1) is 20.7. The van der Waals surface area contributed by atoms with Crippen molar-refractivity contribution in [2.24, 2.45) is 0 Å². The summed E-state index contributed by atoms with van der Waals surface area (Å²) in [6.07, 6.45) is 4.96. The van der Waals surface area contributed by atoms with Crippen molar-refractivity contribution in [3.8, 4) is 0 Å². The summed E-state index contributed by atoms with van der Waals surface area (Å²) in [6, 6.07) is 12.2. The van der Waals surface area contributed by atoms with E-state index in [2.05, 4.69) is 20.3 Å². The molecule has 2 aromatic heterocycles. The molecule has 0 spiro atoms. The van der Waals surface area contributed by atoms with Gasteiger partial charge in [-0.15, -0.1) is 0 Å². The largest absolute Gasteiger partial charge is 0.324 e. The minimum absolute atomic E-state index is 0.00634. The molecule has 1 atom stereocenters. The van der Waals surface area contributed by atoms with Crippen molar-refractivity contribution >= 4 is 33.3 Å². The Labute approximate surface area is 181 Å². The average Bonchev–Trinajstić information content (AvgIpc) is 2.74. The van der Waals surface area contributed by atoms with Crippen LogP contribution in [0.3, 0.4) is 0 Å². The maximum absolute atomic E-state index is 13.2. The number of rotatable bonds is 5. The summed E-state index contributed by atoms with van der Waals surface area (Å²) >= 11 is 6.16. The first-order valence-corrected chi connectivity index (χ1v) is 11.5. The van der Waals surface area contributed by atoms with E-state index in [1.54, 1.807) is 42.7 Å². The number of aromatic nitrogens is 3. The summed E-state index contributed by atoms with van der Waals surface area (Å²) in [5.74, 6) is 0.494. The number of sulfonamides is 1. The number of hydrogen-bond acceptors (Lipinski definition) is 6. The predicted octanol–water partition coefficient (Wildman–Crippen LogP) is 4.15. The molecule has 1 aliphatic heterocycles. The van der Waals surface area contributed by atoms with E-state index in [4.69, 9.17) is 11.6 Å². The molecule has 7 nitrogen and oxygen atoms in total. The van der Waals surface area contributed by atoms with E-state index in [0.29, 0.717) is 19.0 Å². The Morgan fingerprint density at radius 1 is 1.13 bits per heavy atom. The molecule has 3 heterocycles. The van der Waals surface area contributed by atoms with Crippen LogP contribution >= 0.6 is 11.6 Å². The van der Waals surface area contributed by atoms with Crippen molar-refractivity contribution < 1.29 is 8.42 Å². The van der Waals surface area contributed by atoms with Gasteiger partial charge in [-0.1, -0.05) is 23.7 Å². The van der Waals surface area contributed by atoms with Crippen LogP contribution in [0.2, 0.25) is 5.02 Å². The minimum Gasteiger partial charge on any atom is -0.324 e. The second-order valence-corrected chi connectivity index (χ2v) is 9.57. The van der Waals surface area contributed by atoms with Crippen molar-refractivity contribution in [2.45, 2.75) is 30.6 Å². The van der Waals surface area contributed by atoms with Crippen molar-refractivity contribution in [1.29, 1.82) is 0 Å². The monoisotopic (exact) mass is 443 g/mol. The van der Waals surface area contributed by atoms with Gasteiger partial charge in [0, 0.05) is 48.5 Å². The first-order valence-electron chi connectivity index (χ1n) is 9.71. The molecule has 30 heavy (non-hydrogen) atoms. The number of pyridine rings is 1. The van der Waals surface area contributed by atoms with Crippen LogP contribution in [-0.2, 0) is 10.0 Å². The lowest BCUT2D eigenvalue weighted by Crippen LogP contribution is -2.39. The van der Waals surface area contributed by atoms with Gasteiger partial charge in [-0.2, -0.15) is 4.31 Å². The molecule has 1 fully saturated rings. The van der Waals surface area contributed by atoms with Crippen molar-refractivity contribution in [2.75, 3.05) is 18.4 Å². The van der Waals surface area contributed by atoms with Crippen LogP contribution in [0.1, 0.15) is 30.1 Å². The summed E-state index contributed by atoms with van der Waals surface area (Å²) in [6.45, 7) is 2.76. The molecule has 4 rings (SSSR count). The number of halogens is 1. The summed E-state index contributed by atoms with van der Waals surface area (Å²) < 4.78 is 27.8. The minimum atomic E-state index is -3.66. The van der Waals surface area contributed by atoms with Gasteiger partial charge in [-0.25, -0.2) is 18.4 Å². The highest BCUT2D eigenvalue weighted by Gasteiger charge is 2.32. The third-order valence-corrected chi connectivity index (χ3v) is 7.42. The number of benzene rings is 1. The first-order chi connectivity index (χ1) is 14.4. The predicted molar refractivity (Wildman–Crippen MR) is 116 cm³/mol. The lowest BCUT2D eigenvalue weighted by atomic mass is 9.95. The van der Waals surface area contributed by atoms with Gasteiger partial charge in [0.2, 0.25) is 16.0 Å². The van der Waals surface area contributed by atoms with E-state index in [1.807, 2.05) is 19.1 Å². The quantitative estimate of drug-likeness (QED) is 0.637. The van der Waals surface area contributed by atoms with Gasteiger partial charge in [0.05, 0.1) is 5.02 Å². The molecule has 1 aliphatic rings. The molecule has 0 saturated carbocycles. The zero-order chi connectivity index (χ0) is 21.1. The number of aryl methyl sites for hydroxylation is 1. The van der Waals surface area contributed by atoms with Crippen molar-refractivity contribution in [1.82, 2.24) is 19.3 Å². The SMILES string of the molecule is Cc1cc(Nc2ncccn2)cc(C2CCCN(S(=O)(=O)c3ccccc3Cl)C2)n1. The normalized spacial score (nSPS) is 17.6. The van der Waals surface area contributed by atoms with Crippen LogP contribution in [0.4, 0.5) is 11.6 Å². The molecular weight excluding hydrogens is 422 g/mol. The number of nitrogens with zero attached hydrogens (tertiary/aromatic N) is 4. The molecule has 0 bridgehead atoms. The Morgan fingerprint density at radius 3 is 2.67 bits per heavy atom. The lowest BCUT2D eigenvalue weighted by molar-refractivity contribution is 0.312. The Morgan fingerprint density at radius 2 is 1.90 bits per heavy atom. The van der Waals surface area contributed by atoms with E-state index < -0.39 is 10.0 Å². The molecule has 3 aromatic rings. The summed E-state index contributed by atoms with van der Waals surface area (Å²) in [5, 5.41) is 3.43. The van der Waals surface area contributed by atoms with E-state index in [-0.39, 0.29) is 15.8 Å². The van der Waals surface area contributed by atoms with E-state index in [1.165, 1.54) is 4.31 Å². The fraction of sp³-hybridized carbons (Fsp3) is 0.286. The second kappa shape index (κ2) is 8.67. The molecule has 1 N–H and O–H groups in total. The number of piperidine rings is 1. The number of anilines is 2. The molecule has 1 unspecified atom stereocenters. The molecule has 1 saturated heterocycles. The van der Waals surface area contributed by atoms with Crippen LogP contribution in [0, 0.1) is 6.92 Å². The van der Waals surface area contributed by atoms with Gasteiger partial charge in [-0.05, 0) is 50.1 Å². The summed E-state index contributed by atoms with van der Waals surface area (Å²) in [5.41, 5.74) is 2.53. The van der Waals surface area contributed by atoms with E-state index >= 15 is 0 Å². The van der Waals surface area contributed by atoms with Gasteiger partial charge >= 0.3 is 0 Å². The number of nitrogens with one attached hydrogen (secondary N) is 1. The van der Waals surface area contributed by atoms with E-state index in [9.17, 15) is 8.42 Å². The van der Waals surface area contributed by atoms with Gasteiger partial charge < -0.3 is 5.32 Å². The Kier molecular flexibility index (Phi) is 5.99. The second-order valence-electron chi connectivity index (χ2n) is 7.25. The van der Waals surface area contributed by atoms with Crippen molar-refractivity contribution in [3.63, 3.8) is 0 Å². The highest BCUT2D eigenvalue weighted by atomic mass is 35.5. The lowest BCUT2D eigenvalue weighted by Gasteiger charge is -2.32. The van der Waals surface area contributed by atoms with Crippen LogP contribution in [-0.4, -0.2) is 40.8 Å². The van der Waals surface area contributed by atoms with Gasteiger partial charge in [-0.3, -0.25) is 4.98 Å². The summed E-state index contributed by atoms with van der Waals surface area (Å²) in [4.78, 5) is 13.2. The van der Waals surface area contributed by atoms with Gasteiger partial charge in [0.1, 0.15) is 4.90 Å². The zero-order valence-corrected chi connectivity index (χ0v) is 18.1. The van der Waals surface area contributed by atoms with Gasteiger partial charge in [0.15, 0.2) is 0 Å². The van der Waals surface area contributed by atoms with Crippen LogP contribution in [0.5, 0.6) is 0 Å². The molecule has 0 aliphatic carbocycles. The smallest absolute Gasteiger partial charge is 0.244 e. The van der Waals surface area contributed by atoms with Crippen LogP contribution in [0.25, 0.3) is 0 Å². The maximum Gasteiger partial charge on any atom is 0.244 e. The summed E-state index contributed by atoms with van der Waals surface area (Å²) in [7, 11) is -3.66. The Hall–Kier alpha value is -2.55. The Bertz CT molecular complexity index is 1140. The zero-order valence-electron chi connectivity index (χ0n) is 16.5. The third-order valence-electron chi connectivity index (χ3n) is 5.05. The van der Waals surface area contributed by atoms with E-state index in [0.717, 1.165) is 29.9 Å². The third kappa shape index (κ3) is 4.45. The molecule has 1 aromatic carbocycles. The average molecular weight is 444 g/mol. The van der Waals surface area contributed by atoms with Crippen LogP contribution < -0.4 is 5.32 Å². The van der Waals surface area contributed by atoms with Crippen LogP contribution in [0.15, 0.2) is 59.8 Å². The highest BCUT2D eigenvalue weighted by molar-refractivity contribution is 7.89. The fourth-order valence-electron chi connectivity index (χ4n) is 3.66. The molecule has 9 heteroatoms. The van der Waals surface area contributed by atoms with Crippen molar-refractivity contribution in [3.05, 3.63) is 71.3 Å². The molecule has 0 radical (unpaired) electrons. The molecule has 0 amide bonds. The standard InChI is InChI=1S/C21H22ClN5O2S/c1-15-12-17(26-21-23-9-5-10-24-21)13-19(25-15)16-6-4-11-27(14-16)30(28,29)20-8-3-2-7-18(20)22/h2-3,5,7-10,12-13,16H,4,6,11,14H2,1H3,(H,23,24,25,26). The Balaban J connectivity index is 1.58. The fourth-order valence-corrected chi connectivity index (χ4v) is 5.68. The molecule has 156 valence electrons. The topological polar surface area (TPSA) is 88.1 Å².